The highest BCUT2D eigenvalue weighted by Crippen LogP contribution is 2.31. The van der Waals surface area contributed by atoms with Crippen LogP contribution in [0.25, 0.3) is 0 Å². The van der Waals surface area contributed by atoms with E-state index in [1.807, 2.05) is 19.1 Å². The Hall–Kier alpha value is -2.05. The van der Waals surface area contributed by atoms with E-state index >= 15 is 0 Å². The molecule has 5 nitrogen and oxygen atoms in total. The predicted octanol–water partition coefficient (Wildman–Crippen LogP) is 2.62. The maximum absolute atomic E-state index is 11.3. The van der Waals surface area contributed by atoms with Gasteiger partial charge in [0.1, 0.15) is 16.4 Å². The van der Waals surface area contributed by atoms with Gasteiger partial charge in [-0.1, -0.05) is 18.2 Å². The van der Waals surface area contributed by atoms with Gasteiger partial charge in [0.15, 0.2) is 0 Å². The van der Waals surface area contributed by atoms with Crippen LogP contribution < -0.4 is 10.5 Å². The Morgan fingerprint density at radius 2 is 1.79 bits per heavy atom. The normalized spacial score (nSPS) is 11.3. The zero-order chi connectivity index (χ0) is 14.0. The van der Waals surface area contributed by atoms with E-state index in [0.717, 1.165) is 11.6 Å². The molecular weight excluding hydrogens is 266 g/mol. The van der Waals surface area contributed by atoms with Crippen LogP contribution in [-0.4, -0.2) is 13.0 Å². The van der Waals surface area contributed by atoms with E-state index < -0.39 is 10.1 Å². The molecule has 0 amide bonds. The third kappa shape index (κ3) is 3.04. The molecule has 0 atom stereocenters. The van der Waals surface area contributed by atoms with E-state index in [1.165, 1.54) is 12.1 Å². The Labute approximate surface area is 111 Å². The number of para-hydroxylation sites is 1. The van der Waals surface area contributed by atoms with Gasteiger partial charge < -0.3 is 10.5 Å². The van der Waals surface area contributed by atoms with Crippen LogP contribution in [0.5, 0.6) is 11.5 Å². The fourth-order valence-electron chi connectivity index (χ4n) is 1.60. The van der Waals surface area contributed by atoms with Gasteiger partial charge >= 0.3 is 0 Å². The molecule has 0 aromatic heterocycles. The van der Waals surface area contributed by atoms with Crippen LogP contribution in [-0.2, 0) is 10.1 Å². The number of ether oxygens (including phenoxy) is 1. The summed E-state index contributed by atoms with van der Waals surface area (Å²) in [5.41, 5.74) is 6.59. The van der Waals surface area contributed by atoms with Gasteiger partial charge in [-0.05, 0) is 36.8 Å². The molecule has 0 bridgehead atoms. The molecule has 2 rings (SSSR count). The molecule has 0 aliphatic carbocycles. The molecule has 6 heteroatoms. The molecule has 0 fully saturated rings. The summed E-state index contributed by atoms with van der Waals surface area (Å²) in [6.07, 6.45) is 0. The smallest absolute Gasteiger partial charge is 0.298 e. The molecule has 0 saturated carbocycles. The number of rotatable bonds is 3. The minimum Gasteiger partial charge on any atom is -0.456 e. The van der Waals surface area contributed by atoms with Crippen molar-refractivity contribution in [2.45, 2.75) is 11.8 Å². The number of nitrogens with two attached hydrogens (primary N) is 1. The van der Waals surface area contributed by atoms with Crippen LogP contribution in [0.2, 0.25) is 0 Å². The van der Waals surface area contributed by atoms with Crippen molar-refractivity contribution >= 4 is 15.8 Å². The lowest BCUT2D eigenvalue weighted by Gasteiger charge is -2.11. The fraction of sp³-hybridized carbons (Fsp3) is 0.0769. The number of hydrogen-bond donors (Lipinski definition) is 2. The van der Waals surface area contributed by atoms with Crippen molar-refractivity contribution in [3.05, 3.63) is 48.0 Å². The highest BCUT2D eigenvalue weighted by Gasteiger charge is 2.18. The number of nitrogen functional groups attached to an aromatic ring is 1. The second-order valence-electron chi connectivity index (χ2n) is 4.05. The quantitative estimate of drug-likeness (QED) is 0.666. The molecule has 19 heavy (non-hydrogen) atoms. The van der Waals surface area contributed by atoms with Gasteiger partial charge in [0.2, 0.25) is 0 Å². The topological polar surface area (TPSA) is 89.6 Å². The zero-order valence-corrected chi connectivity index (χ0v) is 11.0. The van der Waals surface area contributed by atoms with Crippen molar-refractivity contribution in [1.82, 2.24) is 0 Å². The first kappa shape index (κ1) is 13.4. The third-order valence-electron chi connectivity index (χ3n) is 2.56. The fourth-order valence-corrected chi connectivity index (χ4v) is 2.25. The lowest BCUT2D eigenvalue weighted by atomic mass is 10.2. The molecular formula is C13H13NO4S. The van der Waals surface area contributed by atoms with Crippen molar-refractivity contribution in [1.29, 1.82) is 0 Å². The standard InChI is InChI=1S/C13H13NO4S/c1-9-4-2-3-5-11(9)18-12-7-6-10(14)8-13(12)19(15,16)17/h2-8H,14H2,1H3,(H,15,16,17). The summed E-state index contributed by atoms with van der Waals surface area (Å²) < 4.78 is 37.3. The van der Waals surface area contributed by atoms with Gasteiger partial charge in [0.05, 0.1) is 0 Å². The molecule has 2 aromatic rings. The minimum atomic E-state index is -4.39. The zero-order valence-electron chi connectivity index (χ0n) is 10.2. The van der Waals surface area contributed by atoms with Crippen molar-refractivity contribution in [2.24, 2.45) is 0 Å². The average Bonchev–Trinajstić information content (AvgIpc) is 2.33. The van der Waals surface area contributed by atoms with Crippen LogP contribution >= 0.6 is 0 Å². The first-order chi connectivity index (χ1) is 8.88. The van der Waals surface area contributed by atoms with Gasteiger partial charge in [-0.3, -0.25) is 4.55 Å². The van der Waals surface area contributed by atoms with E-state index in [-0.39, 0.29) is 16.3 Å². The Kier molecular flexibility index (Phi) is 3.46. The number of anilines is 1. The minimum absolute atomic E-state index is 0.0333. The van der Waals surface area contributed by atoms with Crippen LogP contribution in [0.1, 0.15) is 5.56 Å². The number of benzene rings is 2. The average molecular weight is 279 g/mol. The summed E-state index contributed by atoms with van der Waals surface area (Å²) in [6.45, 7) is 1.83. The molecule has 0 heterocycles. The Balaban J connectivity index is 2.50. The van der Waals surface area contributed by atoms with E-state index in [1.54, 1.807) is 12.1 Å². The summed E-state index contributed by atoms with van der Waals surface area (Å²) in [4.78, 5) is -0.351. The molecule has 0 radical (unpaired) electrons. The molecule has 2 aromatic carbocycles. The van der Waals surface area contributed by atoms with Crippen molar-refractivity contribution in [3.8, 4) is 11.5 Å². The third-order valence-corrected chi connectivity index (χ3v) is 3.43. The molecule has 0 saturated heterocycles. The summed E-state index contributed by atoms with van der Waals surface area (Å²) in [6, 6.07) is 11.2. The predicted molar refractivity (Wildman–Crippen MR) is 71.9 cm³/mol. The second-order valence-corrected chi connectivity index (χ2v) is 5.44. The van der Waals surface area contributed by atoms with E-state index in [4.69, 9.17) is 10.5 Å². The highest BCUT2D eigenvalue weighted by atomic mass is 32.2. The highest BCUT2D eigenvalue weighted by molar-refractivity contribution is 7.86. The summed E-state index contributed by atoms with van der Waals surface area (Å²) in [5.74, 6) is 0.545. The maximum Gasteiger partial charge on any atom is 0.298 e. The molecule has 0 unspecified atom stereocenters. The van der Waals surface area contributed by atoms with Crippen LogP contribution in [0.15, 0.2) is 47.4 Å². The first-order valence-electron chi connectivity index (χ1n) is 5.48. The van der Waals surface area contributed by atoms with Crippen molar-refractivity contribution < 1.29 is 17.7 Å². The summed E-state index contributed by atoms with van der Waals surface area (Å²) in [7, 11) is -4.39. The molecule has 0 aliphatic rings. The van der Waals surface area contributed by atoms with Gasteiger partial charge in [-0.2, -0.15) is 8.42 Å². The van der Waals surface area contributed by atoms with Crippen LogP contribution in [0.3, 0.4) is 0 Å². The maximum atomic E-state index is 11.3. The SMILES string of the molecule is Cc1ccccc1Oc1ccc(N)cc1S(=O)(=O)O. The van der Waals surface area contributed by atoms with Gasteiger partial charge in [0, 0.05) is 5.69 Å². The lowest BCUT2D eigenvalue weighted by Crippen LogP contribution is -2.02. The number of aryl methyl sites for hydroxylation is 1. The van der Waals surface area contributed by atoms with E-state index in [2.05, 4.69) is 0 Å². The van der Waals surface area contributed by atoms with Gasteiger partial charge in [-0.15, -0.1) is 0 Å². The monoisotopic (exact) mass is 279 g/mol. The molecule has 100 valence electrons. The Morgan fingerprint density at radius 1 is 1.11 bits per heavy atom. The van der Waals surface area contributed by atoms with Gasteiger partial charge in [0.25, 0.3) is 10.1 Å². The molecule has 3 N–H and O–H groups in total. The number of hydrogen-bond acceptors (Lipinski definition) is 4. The first-order valence-corrected chi connectivity index (χ1v) is 6.92. The lowest BCUT2D eigenvalue weighted by molar-refractivity contribution is 0.448. The summed E-state index contributed by atoms with van der Waals surface area (Å²) >= 11 is 0. The Morgan fingerprint density at radius 3 is 2.42 bits per heavy atom. The Bertz CT molecular complexity index is 710. The van der Waals surface area contributed by atoms with Crippen molar-refractivity contribution in [2.75, 3.05) is 5.73 Å². The second kappa shape index (κ2) is 4.91. The van der Waals surface area contributed by atoms with E-state index in [0.29, 0.717) is 5.75 Å². The van der Waals surface area contributed by atoms with E-state index in [9.17, 15) is 13.0 Å². The van der Waals surface area contributed by atoms with Crippen LogP contribution in [0, 0.1) is 6.92 Å². The molecule has 0 spiro atoms. The van der Waals surface area contributed by atoms with Gasteiger partial charge in [-0.25, -0.2) is 0 Å². The van der Waals surface area contributed by atoms with Crippen LogP contribution in [0.4, 0.5) is 5.69 Å². The largest absolute Gasteiger partial charge is 0.456 e. The van der Waals surface area contributed by atoms with Crippen molar-refractivity contribution in [3.63, 3.8) is 0 Å². The molecule has 0 aliphatic heterocycles. The summed E-state index contributed by atoms with van der Waals surface area (Å²) in [5, 5.41) is 0.